The van der Waals surface area contributed by atoms with E-state index in [-0.39, 0.29) is 11.1 Å². The van der Waals surface area contributed by atoms with E-state index in [1.165, 1.54) is 22.1 Å². The first-order valence-electron chi connectivity index (χ1n) is 12.8. The van der Waals surface area contributed by atoms with E-state index in [1.54, 1.807) is 18.3 Å². The van der Waals surface area contributed by atoms with Gasteiger partial charge in [-0.25, -0.2) is 9.97 Å². The number of carbonyl (C=O) groups excluding carboxylic acids is 2. The van der Waals surface area contributed by atoms with Gasteiger partial charge >= 0.3 is 0 Å². The molecule has 3 N–H and O–H groups in total. The highest BCUT2D eigenvalue weighted by Gasteiger charge is 2.26. The van der Waals surface area contributed by atoms with Crippen LogP contribution in [0.4, 0.5) is 10.7 Å². The number of amides is 2. The van der Waals surface area contributed by atoms with Gasteiger partial charge in [0.15, 0.2) is 0 Å². The van der Waals surface area contributed by atoms with Crippen molar-refractivity contribution in [1.82, 2.24) is 25.6 Å². The van der Waals surface area contributed by atoms with Crippen molar-refractivity contribution in [3.05, 3.63) is 83.2 Å². The van der Waals surface area contributed by atoms with Crippen LogP contribution in [0.1, 0.15) is 24.1 Å². The Morgan fingerprint density at radius 3 is 2.79 bits per heavy atom. The third kappa shape index (κ3) is 5.34. The van der Waals surface area contributed by atoms with Crippen molar-refractivity contribution in [3.8, 4) is 11.1 Å². The Labute approximate surface area is 224 Å². The zero-order valence-corrected chi connectivity index (χ0v) is 21.6. The van der Waals surface area contributed by atoms with Crippen LogP contribution in [0, 0.1) is 5.92 Å². The molecule has 2 amide bonds. The van der Waals surface area contributed by atoms with Gasteiger partial charge in [0.25, 0.3) is 11.1 Å². The molecule has 2 aliphatic rings. The predicted molar refractivity (Wildman–Crippen MR) is 152 cm³/mol. The van der Waals surface area contributed by atoms with E-state index in [0.717, 1.165) is 56.3 Å². The minimum Gasteiger partial charge on any atom is -0.361 e. The Balaban J connectivity index is 1.03. The molecule has 8 nitrogen and oxygen atoms in total. The number of thioether (sulfide) groups is 1. The molecule has 2 fully saturated rings. The maximum absolute atomic E-state index is 11.8. The second-order valence-electron chi connectivity index (χ2n) is 9.63. The lowest BCUT2D eigenvalue weighted by Crippen LogP contribution is -2.38. The fraction of sp³-hybridized carbons (Fsp3) is 0.241. The van der Waals surface area contributed by atoms with Gasteiger partial charge < -0.3 is 15.2 Å². The number of fused-ring (bicyclic) bond motifs is 1. The first kappa shape index (κ1) is 24.4. The van der Waals surface area contributed by atoms with Crippen LogP contribution < -0.4 is 15.5 Å². The molecule has 4 aromatic rings. The number of rotatable bonds is 7. The first-order valence-corrected chi connectivity index (χ1v) is 13.6. The number of imide groups is 1. The number of piperidine rings is 1. The predicted octanol–water partition coefficient (Wildman–Crippen LogP) is 4.96. The molecule has 2 aromatic heterocycles. The van der Waals surface area contributed by atoms with Crippen molar-refractivity contribution < 1.29 is 9.59 Å². The summed E-state index contributed by atoms with van der Waals surface area (Å²) in [6.45, 7) is 3.56. The molecule has 0 saturated carbocycles. The summed E-state index contributed by atoms with van der Waals surface area (Å²) in [7, 11) is 0. The summed E-state index contributed by atoms with van der Waals surface area (Å²) in [5, 5.41) is 6.83. The number of nitrogens with zero attached hydrogens (tertiary/aromatic N) is 3. The summed E-state index contributed by atoms with van der Waals surface area (Å²) in [4.78, 5) is 38.1. The van der Waals surface area contributed by atoms with Crippen LogP contribution in [0.2, 0.25) is 0 Å². The topological polar surface area (TPSA) is 103 Å². The normalized spacial score (nSPS) is 17.5. The molecule has 0 spiro atoms. The van der Waals surface area contributed by atoms with Gasteiger partial charge in [0.1, 0.15) is 0 Å². The number of hydrogen-bond donors (Lipinski definition) is 3. The van der Waals surface area contributed by atoms with Crippen molar-refractivity contribution >= 4 is 45.8 Å². The Morgan fingerprint density at radius 1 is 1.08 bits per heavy atom. The number of hydrogen-bond acceptors (Lipinski definition) is 7. The maximum atomic E-state index is 11.8. The maximum Gasteiger partial charge on any atom is 0.290 e. The average Bonchev–Trinajstić information content (AvgIpc) is 3.54. The number of aromatic nitrogens is 3. The van der Waals surface area contributed by atoms with E-state index in [4.69, 9.17) is 0 Å². The van der Waals surface area contributed by atoms with Gasteiger partial charge in [0.2, 0.25) is 5.95 Å². The van der Waals surface area contributed by atoms with Gasteiger partial charge in [0, 0.05) is 37.5 Å². The third-order valence-corrected chi connectivity index (χ3v) is 7.92. The van der Waals surface area contributed by atoms with Crippen LogP contribution in [0.5, 0.6) is 0 Å². The molecule has 0 unspecified atom stereocenters. The lowest BCUT2D eigenvalue weighted by molar-refractivity contribution is -0.115. The molecule has 9 heteroatoms. The van der Waals surface area contributed by atoms with Gasteiger partial charge in [-0.3, -0.25) is 14.9 Å². The van der Waals surface area contributed by atoms with Crippen LogP contribution >= 0.6 is 11.8 Å². The van der Waals surface area contributed by atoms with E-state index in [0.29, 0.717) is 22.5 Å². The SMILES string of the molecule is O=C1NC(=O)C(=Cc2ccnc(N3CCC(CNCc4ccccc4-c4ccc5[nH]ccc5c4)CC3)n2)S1. The van der Waals surface area contributed by atoms with Gasteiger partial charge in [-0.05, 0) is 89.5 Å². The first-order chi connectivity index (χ1) is 18.6. The van der Waals surface area contributed by atoms with Crippen molar-refractivity contribution in [3.63, 3.8) is 0 Å². The second kappa shape index (κ2) is 10.8. The number of nitrogens with one attached hydrogen (secondary N) is 3. The van der Waals surface area contributed by atoms with Crippen molar-refractivity contribution in [2.75, 3.05) is 24.5 Å². The molecule has 6 rings (SSSR count). The molecular weight excluding hydrogens is 496 g/mol. The molecular formula is C29H28N6O2S. The monoisotopic (exact) mass is 524 g/mol. The highest BCUT2D eigenvalue weighted by molar-refractivity contribution is 8.18. The van der Waals surface area contributed by atoms with E-state index >= 15 is 0 Å². The molecule has 0 bridgehead atoms. The summed E-state index contributed by atoms with van der Waals surface area (Å²) >= 11 is 0.896. The molecule has 4 heterocycles. The summed E-state index contributed by atoms with van der Waals surface area (Å²) in [5.41, 5.74) is 5.58. The van der Waals surface area contributed by atoms with E-state index in [9.17, 15) is 9.59 Å². The molecule has 2 saturated heterocycles. The summed E-state index contributed by atoms with van der Waals surface area (Å²) < 4.78 is 0. The van der Waals surface area contributed by atoms with Gasteiger partial charge in [-0.2, -0.15) is 0 Å². The molecule has 2 aliphatic heterocycles. The smallest absolute Gasteiger partial charge is 0.290 e. The number of H-pyrrole nitrogens is 1. The highest BCUT2D eigenvalue weighted by atomic mass is 32.2. The minimum atomic E-state index is -0.377. The summed E-state index contributed by atoms with van der Waals surface area (Å²) in [6, 6.07) is 19.0. The number of anilines is 1. The van der Waals surface area contributed by atoms with Gasteiger partial charge in [-0.1, -0.05) is 30.3 Å². The molecule has 38 heavy (non-hydrogen) atoms. The largest absolute Gasteiger partial charge is 0.361 e. The minimum absolute atomic E-state index is 0.354. The van der Waals surface area contributed by atoms with Crippen LogP contribution in [-0.4, -0.2) is 45.7 Å². The van der Waals surface area contributed by atoms with E-state index in [1.807, 2.05) is 6.20 Å². The Kier molecular flexibility index (Phi) is 6.94. The Hall–Kier alpha value is -3.95. The number of aromatic amines is 1. The zero-order chi connectivity index (χ0) is 25.9. The quantitative estimate of drug-likeness (QED) is 0.294. The lowest BCUT2D eigenvalue weighted by atomic mass is 9.96. The summed E-state index contributed by atoms with van der Waals surface area (Å²) in [5.74, 6) is 0.871. The Morgan fingerprint density at radius 2 is 1.95 bits per heavy atom. The van der Waals surface area contributed by atoms with Crippen molar-refractivity contribution in [2.24, 2.45) is 5.92 Å². The molecule has 192 valence electrons. The molecule has 0 atom stereocenters. The standard InChI is InChI=1S/C29H28N6O2S/c36-27-26(38-29(37)34-27)16-23-8-12-32-28(33-23)35-13-9-19(10-14-35)17-30-18-22-3-1-2-4-24(22)20-5-6-25-21(15-20)7-11-31-25/h1-8,11-12,15-16,19,30-31H,9-10,13-14,17-18H2,(H,34,36,37). The Bertz CT molecular complexity index is 1520. The average molecular weight is 525 g/mol. The van der Waals surface area contributed by atoms with E-state index in [2.05, 4.69) is 79.0 Å². The molecule has 0 radical (unpaired) electrons. The lowest BCUT2D eigenvalue weighted by Gasteiger charge is -2.32. The number of carbonyl (C=O) groups is 2. The van der Waals surface area contributed by atoms with Crippen LogP contribution in [0.15, 0.2) is 71.9 Å². The third-order valence-electron chi connectivity index (χ3n) is 7.11. The summed E-state index contributed by atoms with van der Waals surface area (Å²) in [6.07, 6.45) is 7.43. The van der Waals surface area contributed by atoms with Crippen LogP contribution in [0.25, 0.3) is 28.1 Å². The van der Waals surface area contributed by atoms with Crippen LogP contribution in [0.3, 0.4) is 0 Å². The fourth-order valence-electron chi connectivity index (χ4n) is 5.07. The highest BCUT2D eigenvalue weighted by Crippen LogP contribution is 2.28. The van der Waals surface area contributed by atoms with Gasteiger partial charge in [0.05, 0.1) is 10.6 Å². The van der Waals surface area contributed by atoms with Crippen molar-refractivity contribution in [1.29, 1.82) is 0 Å². The van der Waals surface area contributed by atoms with Gasteiger partial charge in [-0.15, -0.1) is 0 Å². The zero-order valence-electron chi connectivity index (χ0n) is 20.8. The fourth-order valence-corrected chi connectivity index (χ4v) is 5.74. The molecule has 0 aliphatic carbocycles. The second-order valence-corrected chi connectivity index (χ2v) is 10.6. The van der Waals surface area contributed by atoms with Crippen molar-refractivity contribution in [2.45, 2.75) is 19.4 Å². The van der Waals surface area contributed by atoms with E-state index < -0.39 is 0 Å². The number of benzene rings is 2. The molecule has 2 aromatic carbocycles. The van der Waals surface area contributed by atoms with Crippen LogP contribution in [-0.2, 0) is 11.3 Å².